The van der Waals surface area contributed by atoms with Crippen LogP contribution in [0.4, 0.5) is 13.2 Å². The molecule has 0 aromatic carbocycles. The molecule has 9 heteroatoms. The van der Waals surface area contributed by atoms with E-state index in [0.717, 1.165) is 6.07 Å². The molecule has 98 valence electrons. The molecule has 0 radical (unpaired) electrons. The van der Waals surface area contributed by atoms with Crippen LogP contribution in [0, 0.1) is 0 Å². The van der Waals surface area contributed by atoms with Gasteiger partial charge in [0, 0.05) is 0 Å². The van der Waals surface area contributed by atoms with Crippen LogP contribution in [0.2, 0.25) is 5.02 Å². The zero-order valence-electron chi connectivity index (χ0n) is 8.73. The molecular formula is C9H5BrClF3N2O2. The highest BCUT2D eigenvalue weighted by Crippen LogP contribution is 2.39. The van der Waals surface area contributed by atoms with Crippen LogP contribution in [0.15, 0.2) is 15.3 Å². The Morgan fingerprint density at radius 1 is 1.44 bits per heavy atom. The summed E-state index contributed by atoms with van der Waals surface area (Å²) in [5.41, 5.74) is -4.28. The number of nitrogens with one attached hydrogen (secondary N) is 1. The molecule has 1 N–H and O–H groups in total. The van der Waals surface area contributed by atoms with Crippen molar-refractivity contribution in [2.24, 2.45) is 0 Å². The molecule has 0 aliphatic carbocycles. The van der Waals surface area contributed by atoms with E-state index in [1.165, 1.54) is 0 Å². The number of carbonyl (C=O) groups is 1. The maximum absolute atomic E-state index is 13.0. The van der Waals surface area contributed by atoms with E-state index in [1.54, 1.807) is 5.32 Å². The molecule has 1 aliphatic heterocycles. The molecule has 1 aliphatic rings. The first-order valence-corrected chi connectivity index (χ1v) is 5.77. The number of carbonyl (C=O) groups excluding carboxylic acids is 1. The largest absolute Gasteiger partial charge is 0.430 e. The van der Waals surface area contributed by atoms with Crippen molar-refractivity contribution in [3.8, 4) is 0 Å². The second-order valence-electron chi connectivity index (χ2n) is 3.85. The Hall–Kier alpha value is -1.02. The SMILES string of the molecule is CC1(C(F)(F)F)NC(=O)c2c(Cl)cc(Br)c(=O)n21. The van der Waals surface area contributed by atoms with Crippen LogP contribution in [-0.2, 0) is 5.66 Å². The zero-order valence-corrected chi connectivity index (χ0v) is 11.1. The summed E-state index contributed by atoms with van der Waals surface area (Å²) in [6, 6.07) is 1.09. The van der Waals surface area contributed by atoms with Gasteiger partial charge in [-0.05, 0) is 28.9 Å². The fourth-order valence-electron chi connectivity index (χ4n) is 1.73. The third kappa shape index (κ3) is 1.58. The van der Waals surface area contributed by atoms with Crippen molar-refractivity contribution in [3.05, 3.63) is 31.6 Å². The van der Waals surface area contributed by atoms with E-state index < -0.39 is 29.0 Å². The first-order valence-electron chi connectivity index (χ1n) is 4.60. The lowest BCUT2D eigenvalue weighted by molar-refractivity contribution is -0.213. The van der Waals surface area contributed by atoms with E-state index in [2.05, 4.69) is 15.9 Å². The number of amides is 1. The van der Waals surface area contributed by atoms with Crippen molar-refractivity contribution in [2.45, 2.75) is 18.8 Å². The lowest BCUT2D eigenvalue weighted by Crippen LogP contribution is -2.55. The van der Waals surface area contributed by atoms with Crippen LogP contribution in [0.3, 0.4) is 0 Å². The van der Waals surface area contributed by atoms with E-state index in [0.29, 0.717) is 11.5 Å². The molecular weight excluding hydrogens is 340 g/mol. The van der Waals surface area contributed by atoms with Crippen molar-refractivity contribution in [3.63, 3.8) is 0 Å². The van der Waals surface area contributed by atoms with Crippen LogP contribution in [0.1, 0.15) is 17.4 Å². The van der Waals surface area contributed by atoms with E-state index in [4.69, 9.17) is 11.6 Å². The van der Waals surface area contributed by atoms with Gasteiger partial charge < -0.3 is 5.32 Å². The normalized spacial score (nSPS) is 22.9. The number of alkyl halides is 3. The van der Waals surface area contributed by atoms with Crippen LogP contribution in [0.5, 0.6) is 0 Å². The summed E-state index contributed by atoms with van der Waals surface area (Å²) in [6.45, 7) is 0.700. The summed E-state index contributed by atoms with van der Waals surface area (Å²) < 4.78 is 39.2. The van der Waals surface area contributed by atoms with Gasteiger partial charge in [-0.25, -0.2) is 0 Å². The predicted octanol–water partition coefficient (Wildman–Crippen LogP) is 2.24. The number of hydrogen-bond donors (Lipinski definition) is 1. The summed E-state index contributed by atoms with van der Waals surface area (Å²) in [4.78, 5) is 23.3. The number of halogens is 5. The van der Waals surface area contributed by atoms with Crippen molar-refractivity contribution in [1.29, 1.82) is 0 Å². The Balaban J connectivity index is 2.89. The summed E-state index contributed by atoms with van der Waals surface area (Å²) in [7, 11) is 0. The highest BCUT2D eigenvalue weighted by Gasteiger charge is 2.59. The molecule has 0 fully saturated rings. The Morgan fingerprint density at radius 3 is 2.50 bits per heavy atom. The van der Waals surface area contributed by atoms with E-state index >= 15 is 0 Å². The fourth-order valence-corrected chi connectivity index (χ4v) is 2.54. The van der Waals surface area contributed by atoms with Crippen molar-refractivity contribution >= 4 is 33.4 Å². The van der Waals surface area contributed by atoms with Gasteiger partial charge >= 0.3 is 6.18 Å². The number of pyridine rings is 1. The van der Waals surface area contributed by atoms with Gasteiger partial charge in [-0.15, -0.1) is 0 Å². The summed E-state index contributed by atoms with van der Waals surface area (Å²) >= 11 is 8.51. The summed E-state index contributed by atoms with van der Waals surface area (Å²) in [6.07, 6.45) is -4.83. The molecule has 1 aromatic rings. The van der Waals surface area contributed by atoms with Crippen LogP contribution in [0.25, 0.3) is 0 Å². The molecule has 0 saturated heterocycles. The highest BCUT2D eigenvalue weighted by molar-refractivity contribution is 9.10. The predicted molar refractivity (Wildman–Crippen MR) is 60.6 cm³/mol. The lowest BCUT2D eigenvalue weighted by Gasteiger charge is -2.29. The Labute approximate surface area is 112 Å². The maximum atomic E-state index is 13.0. The second kappa shape index (κ2) is 3.74. The molecule has 0 bridgehead atoms. The molecule has 1 amide bonds. The third-order valence-electron chi connectivity index (χ3n) is 2.68. The average Bonchev–Trinajstić information content (AvgIpc) is 2.48. The summed E-state index contributed by atoms with van der Waals surface area (Å²) in [5, 5.41) is 1.51. The molecule has 1 unspecified atom stereocenters. The Morgan fingerprint density at radius 2 is 2.00 bits per heavy atom. The van der Waals surface area contributed by atoms with Crippen LogP contribution in [-0.4, -0.2) is 16.7 Å². The van der Waals surface area contributed by atoms with Crippen molar-refractivity contribution < 1.29 is 18.0 Å². The number of aromatic nitrogens is 1. The van der Waals surface area contributed by atoms with Crippen molar-refractivity contribution in [1.82, 2.24) is 9.88 Å². The smallest absolute Gasteiger partial charge is 0.320 e. The van der Waals surface area contributed by atoms with Gasteiger partial charge in [0.1, 0.15) is 5.69 Å². The second-order valence-corrected chi connectivity index (χ2v) is 5.12. The molecule has 2 heterocycles. The quantitative estimate of drug-likeness (QED) is 0.784. The van der Waals surface area contributed by atoms with Gasteiger partial charge in [-0.2, -0.15) is 13.2 Å². The fraction of sp³-hybridized carbons (Fsp3) is 0.333. The molecule has 4 nitrogen and oxygen atoms in total. The minimum Gasteiger partial charge on any atom is -0.320 e. The molecule has 2 rings (SSSR count). The lowest BCUT2D eigenvalue weighted by atomic mass is 10.2. The van der Waals surface area contributed by atoms with Gasteiger partial charge in [0.05, 0.1) is 9.50 Å². The zero-order chi connectivity index (χ0) is 13.9. The monoisotopic (exact) mass is 344 g/mol. The Kier molecular flexibility index (Phi) is 2.78. The topological polar surface area (TPSA) is 51.1 Å². The van der Waals surface area contributed by atoms with Gasteiger partial charge in [0.15, 0.2) is 0 Å². The first-order chi connectivity index (χ1) is 8.09. The number of hydrogen-bond acceptors (Lipinski definition) is 2. The Bertz CT molecular complexity index is 613. The van der Waals surface area contributed by atoms with E-state index in [-0.39, 0.29) is 9.50 Å². The summed E-state index contributed by atoms with van der Waals surface area (Å²) in [5.74, 6) is -1.04. The number of rotatable bonds is 0. The molecule has 18 heavy (non-hydrogen) atoms. The van der Waals surface area contributed by atoms with Crippen LogP contribution >= 0.6 is 27.5 Å². The van der Waals surface area contributed by atoms with Gasteiger partial charge in [-0.1, -0.05) is 11.6 Å². The molecule has 1 atom stereocenters. The molecule has 0 saturated carbocycles. The number of fused-ring (bicyclic) bond motifs is 1. The highest BCUT2D eigenvalue weighted by atomic mass is 79.9. The average molecular weight is 346 g/mol. The minimum absolute atomic E-state index is 0.150. The van der Waals surface area contributed by atoms with Crippen LogP contribution < -0.4 is 10.9 Å². The van der Waals surface area contributed by atoms with Gasteiger partial charge in [-0.3, -0.25) is 14.2 Å². The maximum Gasteiger partial charge on any atom is 0.430 e. The third-order valence-corrected chi connectivity index (χ3v) is 3.54. The molecule has 0 spiro atoms. The van der Waals surface area contributed by atoms with E-state index in [9.17, 15) is 22.8 Å². The van der Waals surface area contributed by atoms with Crippen molar-refractivity contribution in [2.75, 3.05) is 0 Å². The number of nitrogens with zero attached hydrogens (tertiary/aromatic N) is 1. The molecule has 1 aromatic heterocycles. The standard InChI is InChI=1S/C9H5BrClF3N2O2/c1-8(9(12,13)14)15-6(17)5-4(11)2-3(10)7(18)16(5)8/h2H,1H3,(H,15,17). The first kappa shape index (κ1) is 13.4. The van der Waals surface area contributed by atoms with Gasteiger partial charge in [0.2, 0.25) is 5.66 Å². The minimum atomic E-state index is -4.83. The van der Waals surface area contributed by atoms with Gasteiger partial charge in [0.25, 0.3) is 11.5 Å². The van der Waals surface area contributed by atoms with E-state index in [1.807, 2.05) is 0 Å².